The summed E-state index contributed by atoms with van der Waals surface area (Å²) in [4.78, 5) is 17.2. The van der Waals surface area contributed by atoms with Gasteiger partial charge in [0.2, 0.25) is 0 Å². The summed E-state index contributed by atoms with van der Waals surface area (Å²) in [5.74, 6) is -1.42. The first-order valence-electron chi connectivity index (χ1n) is 2.87. The minimum absolute atomic E-state index is 0.289. The lowest BCUT2D eigenvalue weighted by Crippen LogP contribution is -2.00. The van der Waals surface area contributed by atoms with Gasteiger partial charge in [-0.15, -0.1) is 0 Å². The highest BCUT2D eigenvalue weighted by molar-refractivity contribution is 5.95. The van der Waals surface area contributed by atoms with E-state index in [0.717, 1.165) is 6.07 Å². The smallest absolute Gasteiger partial charge is 0.265 e. The van der Waals surface area contributed by atoms with Gasteiger partial charge in [-0.25, -0.2) is 14.4 Å². The molecule has 0 aliphatic rings. The van der Waals surface area contributed by atoms with Crippen molar-refractivity contribution in [2.45, 2.75) is 0 Å². The number of halogens is 1. The van der Waals surface area contributed by atoms with Crippen molar-refractivity contribution in [3.05, 3.63) is 29.8 Å². The molecule has 0 N–H and O–H groups in total. The van der Waals surface area contributed by atoms with Crippen molar-refractivity contribution in [3.63, 3.8) is 0 Å². The number of hydrogen-bond acceptors (Lipinski definition) is 2. The number of nitrogens with zero attached hydrogens (tertiary/aromatic N) is 2. The second-order valence-corrected chi connectivity index (χ2v) is 1.80. The van der Waals surface area contributed by atoms with Crippen LogP contribution >= 0.6 is 0 Å². The largest absolute Gasteiger partial charge is 0.297 e. The molecule has 0 aromatic carbocycles. The Morgan fingerprint density at radius 3 is 3.00 bits per heavy atom. The Morgan fingerprint density at radius 2 is 2.45 bits per heavy atom. The Kier molecular flexibility index (Phi) is 2.06. The number of pyridine rings is 1. The first kappa shape index (κ1) is 7.53. The molecule has 0 spiro atoms. The third-order valence-corrected chi connectivity index (χ3v) is 1.10. The van der Waals surface area contributed by atoms with Crippen molar-refractivity contribution in [3.8, 4) is 0 Å². The fourth-order valence-corrected chi connectivity index (χ4v) is 0.618. The van der Waals surface area contributed by atoms with Crippen molar-refractivity contribution in [2.24, 2.45) is 4.99 Å². The number of hydrogen-bond donors (Lipinski definition) is 0. The molecule has 0 atom stereocenters. The molecule has 4 heteroatoms. The molecule has 1 aromatic rings. The molecule has 0 unspecified atom stereocenters. The molecule has 0 aliphatic carbocycles. The first-order chi connectivity index (χ1) is 5.25. The van der Waals surface area contributed by atoms with Crippen LogP contribution in [-0.4, -0.2) is 17.6 Å². The van der Waals surface area contributed by atoms with Crippen molar-refractivity contribution < 1.29 is 9.18 Å². The molecule has 0 fully saturated rings. The van der Waals surface area contributed by atoms with Crippen LogP contribution in [0.25, 0.3) is 0 Å². The molecule has 1 rings (SSSR count). The summed E-state index contributed by atoms with van der Waals surface area (Å²) in [5.41, 5.74) is -0.289. The average Bonchev–Trinajstić information content (AvgIpc) is 2.04. The summed E-state index contributed by atoms with van der Waals surface area (Å²) < 4.78 is 12.7. The van der Waals surface area contributed by atoms with Crippen molar-refractivity contribution in [2.75, 3.05) is 0 Å². The maximum absolute atomic E-state index is 12.7. The number of aliphatic imine (C=N–C) groups is 1. The van der Waals surface area contributed by atoms with Crippen LogP contribution in [0.4, 0.5) is 4.39 Å². The second-order valence-electron chi connectivity index (χ2n) is 1.80. The van der Waals surface area contributed by atoms with Crippen molar-refractivity contribution in [1.82, 2.24) is 4.98 Å². The zero-order valence-electron chi connectivity index (χ0n) is 5.62. The van der Waals surface area contributed by atoms with Gasteiger partial charge in [0.15, 0.2) is 11.5 Å². The van der Waals surface area contributed by atoms with E-state index in [4.69, 9.17) is 0 Å². The van der Waals surface area contributed by atoms with Gasteiger partial charge in [-0.1, -0.05) is 0 Å². The van der Waals surface area contributed by atoms with E-state index in [-0.39, 0.29) is 5.69 Å². The number of aromatic nitrogens is 1. The zero-order chi connectivity index (χ0) is 8.27. The highest BCUT2D eigenvalue weighted by Crippen LogP contribution is 2.02. The summed E-state index contributed by atoms with van der Waals surface area (Å²) in [6, 6.07) is 2.54. The normalized spacial score (nSPS) is 9.18. The molecule has 3 nitrogen and oxygen atoms in total. The van der Waals surface area contributed by atoms with E-state index >= 15 is 0 Å². The van der Waals surface area contributed by atoms with E-state index in [1.807, 2.05) is 0 Å². The summed E-state index contributed by atoms with van der Waals surface area (Å²) in [6.07, 6.45) is 1.32. The molecule has 0 saturated carbocycles. The predicted molar refractivity (Wildman–Crippen MR) is 38.1 cm³/mol. The first-order valence-corrected chi connectivity index (χ1v) is 2.87. The van der Waals surface area contributed by atoms with Gasteiger partial charge in [0.1, 0.15) is 0 Å². The molecule has 0 radical (unpaired) electrons. The summed E-state index contributed by atoms with van der Waals surface area (Å²) in [6.45, 7) is 2.97. The van der Waals surface area contributed by atoms with Gasteiger partial charge in [0, 0.05) is 6.20 Å². The van der Waals surface area contributed by atoms with E-state index in [1.165, 1.54) is 12.3 Å². The Balaban J connectivity index is 3.13. The highest BCUT2D eigenvalue weighted by atomic mass is 19.1. The Labute approximate surface area is 62.6 Å². The molecule has 0 aliphatic heterocycles. The highest BCUT2D eigenvalue weighted by Gasteiger charge is 2.09. The van der Waals surface area contributed by atoms with E-state index in [1.54, 1.807) is 0 Å². The fourth-order valence-electron chi connectivity index (χ4n) is 0.618. The van der Waals surface area contributed by atoms with E-state index in [2.05, 4.69) is 16.7 Å². The van der Waals surface area contributed by atoms with E-state index in [0.29, 0.717) is 0 Å². The molecule has 0 saturated heterocycles. The average molecular weight is 152 g/mol. The van der Waals surface area contributed by atoms with Crippen molar-refractivity contribution in [1.29, 1.82) is 0 Å². The molecule has 1 heterocycles. The number of amides is 1. The van der Waals surface area contributed by atoms with Crippen LogP contribution in [0.15, 0.2) is 23.3 Å². The van der Waals surface area contributed by atoms with Gasteiger partial charge in [0.05, 0.1) is 0 Å². The summed E-state index contributed by atoms with van der Waals surface area (Å²) >= 11 is 0. The number of carbonyl (C=O) groups excluding carboxylic acids is 1. The van der Waals surface area contributed by atoms with Gasteiger partial charge in [-0.05, 0) is 18.9 Å². The Bertz CT molecular complexity index is 298. The molecule has 56 valence electrons. The van der Waals surface area contributed by atoms with Crippen LogP contribution in [0.1, 0.15) is 10.5 Å². The molecular weight excluding hydrogens is 147 g/mol. The minimum Gasteiger partial charge on any atom is -0.265 e. The topological polar surface area (TPSA) is 42.3 Å². The molecule has 1 amide bonds. The predicted octanol–water partition coefficient (Wildman–Crippen LogP) is 1.06. The van der Waals surface area contributed by atoms with Gasteiger partial charge in [0.25, 0.3) is 5.91 Å². The van der Waals surface area contributed by atoms with Crippen LogP contribution in [0.3, 0.4) is 0 Å². The minimum atomic E-state index is -0.747. The third-order valence-electron chi connectivity index (χ3n) is 1.10. The van der Waals surface area contributed by atoms with Gasteiger partial charge in [-0.3, -0.25) is 4.79 Å². The lowest BCUT2D eigenvalue weighted by molar-refractivity contribution is 0.0995. The third kappa shape index (κ3) is 1.46. The van der Waals surface area contributed by atoms with Crippen LogP contribution in [0.2, 0.25) is 0 Å². The Morgan fingerprint density at radius 1 is 1.73 bits per heavy atom. The fraction of sp³-hybridized carbons (Fsp3) is 0. The lowest BCUT2D eigenvalue weighted by Gasteiger charge is -1.93. The SMILES string of the molecule is C=NC(=O)c1ncccc1F. The van der Waals surface area contributed by atoms with Gasteiger partial charge >= 0.3 is 0 Å². The quantitative estimate of drug-likeness (QED) is 0.564. The van der Waals surface area contributed by atoms with Gasteiger partial charge in [-0.2, -0.15) is 0 Å². The second kappa shape index (κ2) is 3.01. The zero-order valence-corrected chi connectivity index (χ0v) is 5.62. The van der Waals surface area contributed by atoms with Crippen LogP contribution in [0, 0.1) is 5.82 Å². The van der Waals surface area contributed by atoms with E-state index in [9.17, 15) is 9.18 Å². The maximum atomic E-state index is 12.7. The molecule has 0 bridgehead atoms. The standard InChI is InChI=1S/C7H5FN2O/c1-9-7(11)6-5(8)3-2-4-10-6/h2-4H,1H2. The van der Waals surface area contributed by atoms with Crippen LogP contribution in [-0.2, 0) is 0 Å². The van der Waals surface area contributed by atoms with Gasteiger partial charge < -0.3 is 0 Å². The van der Waals surface area contributed by atoms with Crippen LogP contribution in [0.5, 0.6) is 0 Å². The monoisotopic (exact) mass is 152 g/mol. The molecular formula is C7H5FN2O. The molecule has 11 heavy (non-hydrogen) atoms. The summed E-state index contributed by atoms with van der Waals surface area (Å²) in [5, 5.41) is 0. The number of carbonyl (C=O) groups is 1. The van der Waals surface area contributed by atoms with Crippen molar-refractivity contribution >= 4 is 12.6 Å². The Hall–Kier alpha value is -1.58. The maximum Gasteiger partial charge on any atom is 0.297 e. The van der Waals surface area contributed by atoms with E-state index < -0.39 is 11.7 Å². The number of rotatable bonds is 1. The summed E-state index contributed by atoms with van der Waals surface area (Å²) in [7, 11) is 0. The molecule has 1 aromatic heterocycles. The lowest BCUT2D eigenvalue weighted by atomic mass is 10.3. The van der Waals surface area contributed by atoms with Crippen LogP contribution < -0.4 is 0 Å².